The second kappa shape index (κ2) is 3.62. The van der Waals surface area contributed by atoms with Gasteiger partial charge in [-0.25, -0.2) is 4.79 Å². The molecule has 0 aliphatic heterocycles. The van der Waals surface area contributed by atoms with E-state index in [0.717, 1.165) is 0 Å². The van der Waals surface area contributed by atoms with Gasteiger partial charge in [0.2, 0.25) is 0 Å². The van der Waals surface area contributed by atoms with Gasteiger partial charge in [-0.05, 0) is 0 Å². The highest BCUT2D eigenvalue weighted by Crippen LogP contribution is 2.19. The fourth-order valence-corrected chi connectivity index (χ4v) is 0.873. The number of hydrogen-bond acceptors (Lipinski definition) is 3. The van der Waals surface area contributed by atoms with Gasteiger partial charge in [0, 0.05) is 5.56 Å². The lowest BCUT2D eigenvalue weighted by Gasteiger charge is -2.10. The smallest absolute Gasteiger partial charge is 0.332 e. The van der Waals surface area contributed by atoms with Crippen LogP contribution in [0, 0.1) is 0 Å². The zero-order valence-electron chi connectivity index (χ0n) is 6.60. The molecule has 0 bridgehead atoms. The van der Waals surface area contributed by atoms with Crippen LogP contribution >= 0.6 is 0 Å². The molecule has 68 valence electrons. The number of aliphatic hydroxyl groups excluding tert-OH is 1. The summed E-state index contributed by atoms with van der Waals surface area (Å²) in [5.74, 6) is -2.23. The van der Waals surface area contributed by atoms with E-state index in [1.807, 2.05) is 0 Å². The van der Waals surface area contributed by atoms with Crippen molar-refractivity contribution < 1.29 is 20.1 Å². The van der Waals surface area contributed by atoms with Crippen molar-refractivity contribution in [2.75, 3.05) is 0 Å². The van der Waals surface area contributed by atoms with E-state index in [0.29, 0.717) is 6.08 Å². The Balaban J connectivity index is 3.08. The fourth-order valence-electron chi connectivity index (χ4n) is 0.873. The molecular formula is C9H7O4-. The minimum atomic E-state index is -1.29. The zero-order chi connectivity index (χ0) is 9.84. The predicted octanol–water partition coefficient (Wildman–Crippen LogP) is 0.744. The molecule has 4 heteroatoms. The third kappa shape index (κ3) is 2.23. The summed E-state index contributed by atoms with van der Waals surface area (Å²) < 4.78 is 0. The molecule has 0 saturated carbocycles. The standard InChI is InChI=1S/C9H8O4/c10-7-4-2-1-3-6(7)8(11)5-9(12)13/h1-5,10-11H,(H,12,13)/p-1/b8-5-. The van der Waals surface area contributed by atoms with Crippen LogP contribution in [0.5, 0.6) is 5.75 Å². The molecule has 0 aliphatic rings. The van der Waals surface area contributed by atoms with Gasteiger partial charge in [0.05, 0.1) is 6.08 Å². The van der Waals surface area contributed by atoms with Crippen LogP contribution in [-0.4, -0.2) is 16.2 Å². The summed E-state index contributed by atoms with van der Waals surface area (Å²) in [6.45, 7) is 0. The molecule has 0 heterocycles. The van der Waals surface area contributed by atoms with Crippen molar-refractivity contribution in [2.45, 2.75) is 0 Å². The summed E-state index contributed by atoms with van der Waals surface area (Å²) in [7, 11) is 0. The first-order valence-corrected chi connectivity index (χ1v) is 3.51. The normalized spacial score (nSPS) is 11.2. The molecule has 0 spiro atoms. The van der Waals surface area contributed by atoms with Crippen LogP contribution in [0.1, 0.15) is 5.56 Å². The highest BCUT2D eigenvalue weighted by atomic mass is 16.4. The average Bonchev–Trinajstić information content (AvgIpc) is 2.03. The Hall–Kier alpha value is -1.97. The number of aliphatic hydroxyl groups is 1. The maximum atomic E-state index is 11.0. The summed E-state index contributed by atoms with van der Waals surface area (Å²) in [4.78, 5) is 10.2. The summed E-state index contributed by atoms with van der Waals surface area (Å²) in [5.41, 5.74) is -0.00935. The van der Waals surface area contributed by atoms with Crippen LogP contribution in [0.15, 0.2) is 30.3 Å². The number of benzene rings is 1. The van der Waals surface area contributed by atoms with Crippen LogP contribution < -0.4 is 5.11 Å². The third-order valence-corrected chi connectivity index (χ3v) is 1.42. The van der Waals surface area contributed by atoms with Gasteiger partial charge in [-0.15, -0.1) is 0 Å². The number of rotatable bonds is 2. The van der Waals surface area contributed by atoms with Crippen molar-refractivity contribution in [3.63, 3.8) is 0 Å². The Bertz CT molecular complexity index is 354. The molecule has 1 rings (SSSR count). The number of carboxylic acid groups (broad SMARTS) is 1. The first kappa shape index (κ1) is 9.12. The second-order valence-corrected chi connectivity index (χ2v) is 2.36. The Kier molecular flexibility index (Phi) is 2.54. The topological polar surface area (TPSA) is 80.6 Å². The molecule has 4 nitrogen and oxygen atoms in total. The van der Waals surface area contributed by atoms with Crippen LogP contribution in [0.2, 0.25) is 0 Å². The molecule has 0 atom stereocenters. The Labute approximate surface area is 74.4 Å². The van der Waals surface area contributed by atoms with Crippen molar-refractivity contribution in [3.8, 4) is 5.75 Å². The number of carboxylic acids is 1. The minimum absolute atomic E-state index is 0.00935. The van der Waals surface area contributed by atoms with E-state index in [-0.39, 0.29) is 5.56 Å². The maximum absolute atomic E-state index is 11.0. The van der Waals surface area contributed by atoms with Crippen molar-refractivity contribution in [2.24, 2.45) is 0 Å². The molecule has 2 N–H and O–H groups in total. The Morgan fingerprint density at radius 3 is 2.46 bits per heavy atom. The minimum Gasteiger partial charge on any atom is -0.872 e. The highest BCUT2D eigenvalue weighted by molar-refractivity contribution is 5.88. The number of hydrogen-bond donors (Lipinski definition) is 2. The summed E-state index contributed by atoms with van der Waals surface area (Å²) >= 11 is 0. The molecule has 1 aromatic rings. The van der Waals surface area contributed by atoms with Gasteiger partial charge in [0.25, 0.3) is 0 Å². The quantitative estimate of drug-likeness (QED) is 0.518. The van der Waals surface area contributed by atoms with Crippen LogP contribution in [0.4, 0.5) is 0 Å². The van der Waals surface area contributed by atoms with Gasteiger partial charge >= 0.3 is 5.97 Å². The van der Waals surface area contributed by atoms with E-state index < -0.39 is 17.5 Å². The molecule has 0 radical (unpaired) electrons. The summed E-state index contributed by atoms with van der Waals surface area (Å²) in [6.07, 6.45) is 0.580. The van der Waals surface area contributed by atoms with E-state index >= 15 is 0 Å². The van der Waals surface area contributed by atoms with Crippen molar-refractivity contribution in [1.82, 2.24) is 0 Å². The molecule has 0 amide bonds. The van der Waals surface area contributed by atoms with Crippen LogP contribution in [0.3, 0.4) is 0 Å². The van der Waals surface area contributed by atoms with E-state index in [1.165, 1.54) is 18.2 Å². The molecule has 0 fully saturated rings. The molecular weight excluding hydrogens is 172 g/mol. The van der Waals surface area contributed by atoms with E-state index in [9.17, 15) is 9.90 Å². The number of carbonyl (C=O) groups is 1. The molecule has 0 saturated heterocycles. The van der Waals surface area contributed by atoms with E-state index in [1.54, 1.807) is 6.07 Å². The van der Waals surface area contributed by atoms with E-state index in [2.05, 4.69) is 0 Å². The van der Waals surface area contributed by atoms with Gasteiger partial charge in [-0.1, -0.05) is 30.0 Å². The largest absolute Gasteiger partial charge is 0.872 e. The SMILES string of the molecule is O=C(O)/C=C(\O)c1ccccc1[O-]. The van der Waals surface area contributed by atoms with Crippen LogP contribution in [0.25, 0.3) is 5.76 Å². The molecule has 0 aliphatic carbocycles. The number of aliphatic carboxylic acids is 1. The monoisotopic (exact) mass is 179 g/mol. The van der Waals surface area contributed by atoms with Crippen molar-refractivity contribution >= 4 is 11.7 Å². The average molecular weight is 179 g/mol. The van der Waals surface area contributed by atoms with Crippen LogP contribution in [-0.2, 0) is 4.79 Å². The first-order chi connectivity index (χ1) is 6.11. The van der Waals surface area contributed by atoms with Gasteiger partial charge < -0.3 is 15.3 Å². The maximum Gasteiger partial charge on any atom is 0.332 e. The van der Waals surface area contributed by atoms with Crippen molar-refractivity contribution in [1.29, 1.82) is 0 Å². The zero-order valence-corrected chi connectivity index (χ0v) is 6.60. The molecule has 13 heavy (non-hydrogen) atoms. The lowest BCUT2D eigenvalue weighted by Crippen LogP contribution is -1.97. The van der Waals surface area contributed by atoms with Gasteiger partial charge in [0.1, 0.15) is 5.76 Å². The Morgan fingerprint density at radius 2 is 1.92 bits per heavy atom. The molecule has 1 aromatic carbocycles. The second-order valence-electron chi connectivity index (χ2n) is 2.36. The Morgan fingerprint density at radius 1 is 1.31 bits per heavy atom. The molecule has 0 unspecified atom stereocenters. The fraction of sp³-hybridized carbons (Fsp3) is 0. The first-order valence-electron chi connectivity index (χ1n) is 3.51. The lowest BCUT2D eigenvalue weighted by atomic mass is 10.1. The summed E-state index contributed by atoms with van der Waals surface area (Å²) in [5, 5.41) is 28.5. The van der Waals surface area contributed by atoms with Gasteiger partial charge in [-0.2, -0.15) is 0 Å². The van der Waals surface area contributed by atoms with E-state index in [4.69, 9.17) is 10.2 Å². The van der Waals surface area contributed by atoms with Gasteiger partial charge in [-0.3, -0.25) is 0 Å². The third-order valence-electron chi connectivity index (χ3n) is 1.42. The number of para-hydroxylation sites is 1. The summed E-state index contributed by atoms with van der Waals surface area (Å²) in [6, 6.07) is 5.67. The van der Waals surface area contributed by atoms with Gasteiger partial charge in [0.15, 0.2) is 0 Å². The molecule has 0 aromatic heterocycles. The lowest BCUT2D eigenvalue weighted by molar-refractivity contribution is -0.268. The predicted molar refractivity (Wildman–Crippen MR) is 44.1 cm³/mol. The van der Waals surface area contributed by atoms with Crippen molar-refractivity contribution in [3.05, 3.63) is 35.9 Å². The highest BCUT2D eigenvalue weighted by Gasteiger charge is 2.01.